The largest absolute Gasteiger partial charge is 0.504 e. The molecule has 1 heterocycles. The molecule has 1 aliphatic rings. The Labute approximate surface area is 189 Å². The standard InChI is InChI=1S/C22H18ClF4N3O3/c1-3-10-8-21(33,22(25,26)27)19(12-7-14(23)17(24)18(31)16(10)12)29-15-6-4-5-11-13(15)9-28-30(2)20(11)32/h3-7,9,19,29,31,33H,8H2,1-2H3/t19-,21-/m1/s1. The van der Waals surface area contributed by atoms with Gasteiger partial charge < -0.3 is 15.5 Å². The fourth-order valence-electron chi connectivity index (χ4n) is 4.19. The van der Waals surface area contributed by atoms with Crippen molar-refractivity contribution in [2.75, 3.05) is 5.32 Å². The van der Waals surface area contributed by atoms with Crippen LogP contribution in [0.3, 0.4) is 0 Å². The van der Waals surface area contributed by atoms with E-state index in [2.05, 4.69) is 10.4 Å². The molecule has 2 atom stereocenters. The lowest BCUT2D eigenvalue weighted by Crippen LogP contribution is -2.54. The number of phenolic OH excluding ortho intramolecular Hbond substituents is 1. The molecule has 33 heavy (non-hydrogen) atoms. The maximum absolute atomic E-state index is 14.3. The molecule has 0 amide bonds. The summed E-state index contributed by atoms with van der Waals surface area (Å²) in [6.07, 6.45) is -3.49. The topological polar surface area (TPSA) is 87.4 Å². The molecule has 2 aromatic carbocycles. The second-order valence-electron chi connectivity index (χ2n) is 7.82. The molecule has 11 heteroatoms. The van der Waals surface area contributed by atoms with Crippen molar-refractivity contribution in [3.63, 3.8) is 0 Å². The number of fused-ring (bicyclic) bond motifs is 2. The number of benzene rings is 2. The third-order valence-corrected chi connectivity index (χ3v) is 6.20. The van der Waals surface area contributed by atoms with Gasteiger partial charge in [-0.2, -0.15) is 18.3 Å². The number of hydrogen-bond acceptors (Lipinski definition) is 5. The van der Waals surface area contributed by atoms with Crippen LogP contribution in [0.5, 0.6) is 5.75 Å². The van der Waals surface area contributed by atoms with Crippen LogP contribution in [0.15, 0.2) is 41.3 Å². The Kier molecular flexibility index (Phi) is 5.41. The summed E-state index contributed by atoms with van der Waals surface area (Å²) < 4.78 is 58.1. The van der Waals surface area contributed by atoms with Gasteiger partial charge in [0.1, 0.15) is 0 Å². The summed E-state index contributed by atoms with van der Waals surface area (Å²) in [6, 6.07) is 3.44. The molecule has 4 rings (SSSR count). The summed E-state index contributed by atoms with van der Waals surface area (Å²) in [5.74, 6) is -2.08. The smallest absolute Gasteiger partial charge is 0.419 e. The first-order chi connectivity index (χ1) is 15.4. The van der Waals surface area contributed by atoms with Gasteiger partial charge in [0, 0.05) is 30.1 Å². The second-order valence-corrected chi connectivity index (χ2v) is 8.22. The van der Waals surface area contributed by atoms with Gasteiger partial charge in [-0.1, -0.05) is 23.7 Å². The fourth-order valence-corrected chi connectivity index (χ4v) is 4.39. The highest BCUT2D eigenvalue weighted by atomic mass is 35.5. The van der Waals surface area contributed by atoms with Crippen molar-refractivity contribution in [1.82, 2.24) is 9.78 Å². The minimum atomic E-state index is -5.12. The minimum absolute atomic E-state index is 0.0835. The van der Waals surface area contributed by atoms with Crippen LogP contribution in [0.2, 0.25) is 5.02 Å². The highest BCUT2D eigenvalue weighted by Gasteiger charge is 2.62. The number of anilines is 1. The van der Waals surface area contributed by atoms with Crippen LogP contribution in [0, 0.1) is 5.82 Å². The average Bonchev–Trinajstić information content (AvgIpc) is 2.75. The number of allylic oxidation sites excluding steroid dienone is 1. The first-order valence-corrected chi connectivity index (χ1v) is 10.2. The van der Waals surface area contributed by atoms with Gasteiger partial charge in [0.2, 0.25) is 0 Å². The zero-order valence-corrected chi connectivity index (χ0v) is 18.1. The molecular formula is C22H18ClF4N3O3. The van der Waals surface area contributed by atoms with E-state index in [1.165, 1.54) is 44.4 Å². The van der Waals surface area contributed by atoms with Crippen molar-refractivity contribution in [2.45, 2.75) is 31.2 Å². The SMILES string of the molecule is CC=C1C[C@](O)(C(F)(F)F)[C@H](Nc2cccc3c(=O)n(C)ncc23)c2cc(Cl)c(F)c(O)c21. The van der Waals surface area contributed by atoms with Crippen molar-refractivity contribution in [3.8, 4) is 5.75 Å². The normalized spacial score (nSPS) is 21.9. The van der Waals surface area contributed by atoms with Crippen LogP contribution in [-0.2, 0) is 7.05 Å². The van der Waals surface area contributed by atoms with Gasteiger partial charge in [-0.25, -0.2) is 9.07 Å². The van der Waals surface area contributed by atoms with E-state index >= 15 is 0 Å². The van der Waals surface area contributed by atoms with Crippen LogP contribution in [0.1, 0.15) is 30.5 Å². The molecule has 1 aromatic heterocycles. The van der Waals surface area contributed by atoms with Gasteiger partial charge in [0.25, 0.3) is 5.56 Å². The molecule has 0 spiro atoms. The lowest BCUT2D eigenvalue weighted by atomic mass is 9.72. The van der Waals surface area contributed by atoms with E-state index in [9.17, 15) is 32.6 Å². The Balaban J connectivity index is 2.01. The number of halogens is 5. The third-order valence-electron chi connectivity index (χ3n) is 5.92. The highest BCUT2D eigenvalue weighted by molar-refractivity contribution is 6.31. The highest BCUT2D eigenvalue weighted by Crippen LogP contribution is 2.55. The van der Waals surface area contributed by atoms with E-state index in [4.69, 9.17) is 11.6 Å². The third kappa shape index (κ3) is 3.44. The molecule has 1 aliphatic carbocycles. The number of nitrogens with one attached hydrogen (secondary N) is 1. The van der Waals surface area contributed by atoms with E-state index in [0.717, 1.165) is 10.7 Å². The number of aliphatic hydroxyl groups is 1. The number of hydrogen-bond donors (Lipinski definition) is 3. The maximum atomic E-state index is 14.3. The van der Waals surface area contributed by atoms with Crippen molar-refractivity contribution in [3.05, 3.63) is 68.9 Å². The van der Waals surface area contributed by atoms with E-state index in [1.807, 2.05) is 0 Å². The fraction of sp³-hybridized carbons (Fsp3) is 0.273. The van der Waals surface area contributed by atoms with Crippen LogP contribution < -0.4 is 10.9 Å². The molecule has 0 bridgehead atoms. The number of nitrogens with zero attached hydrogens (tertiary/aromatic N) is 2. The second kappa shape index (κ2) is 7.74. The average molecular weight is 484 g/mol. The van der Waals surface area contributed by atoms with E-state index in [1.54, 1.807) is 0 Å². The van der Waals surface area contributed by atoms with Gasteiger partial charge in [-0.05, 0) is 36.3 Å². The number of aryl methyl sites for hydroxylation is 1. The van der Waals surface area contributed by atoms with Gasteiger partial charge in [0.15, 0.2) is 17.2 Å². The summed E-state index contributed by atoms with van der Waals surface area (Å²) in [6.45, 7) is 1.42. The molecule has 0 radical (unpaired) electrons. The van der Waals surface area contributed by atoms with Gasteiger partial charge in [0.05, 0.1) is 22.6 Å². The molecular weight excluding hydrogens is 466 g/mol. The summed E-state index contributed by atoms with van der Waals surface area (Å²) in [5, 5.41) is 27.7. The minimum Gasteiger partial charge on any atom is -0.504 e. The first kappa shape index (κ1) is 23.1. The molecule has 0 saturated carbocycles. The van der Waals surface area contributed by atoms with Gasteiger partial charge in [-0.3, -0.25) is 4.79 Å². The summed E-state index contributed by atoms with van der Waals surface area (Å²) in [4.78, 5) is 12.4. The van der Waals surface area contributed by atoms with Crippen LogP contribution >= 0.6 is 11.6 Å². The zero-order valence-electron chi connectivity index (χ0n) is 17.3. The Morgan fingerprint density at radius 3 is 2.67 bits per heavy atom. The van der Waals surface area contributed by atoms with Gasteiger partial charge in [-0.15, -0.1) is 0 Å². The number of phenols is 1. The Morgan fingerprint density at radius 1 is 1.33 bits per heavy atom. The molecule has 3 aromatic rings. The van der Waals surface area contributed by atoms with Gasteiger partial charge >= 0.3 is 6.18 Å². The van der Waals surface area contributed by atoms with E-state index in [0.29, 0.717) is 0 Å². The van der Waals surface area contributed by atoms with Crippen molar-refractivity contribution in [1.29, 1.82) is 0 Å². The molecule has 174 valence electrons. The number of rotatable bonds is 2. The summed E-state index contributed by atoms with van der Waals surface area (Å²) in [7, 11) is 1.43. The molecule has 0 saturated heterocycles. The number of aromatic hydroxyl groups is 1. The molecule has 0 fully saturated rings. The van der Waals surface area contributed by atoms with E-state index < -0.39 is 46.4 Å². The Morgan fingerprint density at radius 2 is 2.03 bits per heavy atom. The maximum Gasteiger partial charge on any atom is 0.419 e. The monoisotopic (exact) mass is 483 g/mol. The Hall–Kier alpha value is -3.11. The molecule has 0 aliphatic heterocycles. The number of alkyl halides is 3. The number of aromatic nitrogens is 2. The van der Waals surface area contributed by atoms with Crippen LogP contribution in [0.4, 0.5) is 23.2 Å². The predicted molar refractivity (Wildman–Crippen MR) is 116 cm³/mol. The van der Waals surface area contributed by atoms with Crippen LogP contribution in [-0.4, -0.2) is 31.8 Å². The Bertz CT molecular complexity index is 1370. The molecule has 3 N–H and O–H groups in total. The summed E-state index contributed by atoms with van der Waals surface area (Å²) >= 11 is 5.85. The van der Waals surface area contributed by atoms with Crippen molar-refractivity contribution in [2.24, 2.45) is 7.05 Å². The predicted octanol–water partition coefficient (Wildman–Crippen LogP) is 4.69. The first-order valence-electron chi connectivity index (χ1n) is 9.77. The van der Waals surface area contributed by atoms with Crippen molar-refractivity contribution < 1.29 is 27.8 Å². The summed E-state index contributed by atoms with van der Waals surface area (Å²) in [5.41, 5.74) is -4.24. The lowest BCUT2D eigenvalue weighted by molar-refractivity contribution is -0.265. The zero-order chi connectivity index (χ0) is 24.3. The quantitative estimate of drug-likeness (QED) is 0.460. The molecule has 6 nitrogen and oxygen atoms in total. The van der Waals surface area contributed by atoms with Crippen molar-refractivity contribution >= 4 is 33.6 Å². The van der Waals surface area contributed by atoms with E-state index in [-0.39, 0.29) is 33.2 Å². The van der Waals surface area contributed by atoms with Crippen LogP contribution in [0.25, 0.3) is 16.3 Å². The lowest BCUT2D eigenvalue weighted by Gasteiger charge is -2.44. The molecule has 0 unspecified atom stereocenters.